The van der Waals surface area contributed by atoms with Gasteiger partial charge >= 0.3 is 0 Å². The van der Waals surface area contributed by atoms with Gasteiger partial charge in [0, 0.05) is 10.2 Å². The van der Waals surface area contributed by atoms with Crippen molar-refractivity contribution in [3.63, 3.8) is 0 Å². The van der Waals surface area contributed by atoms with Crippen LogP contribution in [0.1, 0.15) is 55.6 Å². The number of aliphatic hydroxyl groups is 1. The van der Waals surface area contributed by atoms with Crippen LogP contribution in [0.5, 0.6) is 0 Å². The number of halogens is 1. The normalized spacial score (nSPS) is 17.3. The number of rotatable bonds is 4. The first-order chi connectivity index (χ1) is 8.31. The number of benzene rings is 1. The largest absolute Gasteiger partial charge is 0.396 e. The molecule has 0 aromatic heterocycles. The van der Waals surface area contributed by atoms with Crippen LogP contribution in [-0.4, -0.2) is 11.7 Å². The number of aryl methyl sites for hydroxylation is 1. The minimum atomic E-state index is 0.292. The first kappa shape index (κ1) is 13.3. The van der Waals surface area contributed by atoms with Gasteiger partial charge in [-0.15, -0.1) is 0 Å². The van der Waals surface area contributed by atoms with Gasteiger partial charge in [-0.1, -0.05) is 31.4 Å². The van der Waals surface area contributed by atoms with Gasteiger partial charge < -0.3 is 5.11 Å². The van der Waals surface area contributed by atoms with Crippen molar-refractivity contribution >= 4 is 22.6 Å². The molecule has 1 aliphatic carbocycles. The molecule has 0 bridgehead atoms. The monoisotopic (exact) mass is 344 g/mol. The van der Waals surface area contributed by atoms with Crippen LogP contribution in [0, 0.1) is 3.57 Å². The fourth-order valence-electron chi connectivity index (χ4n) is 2.73. The first-order valence-electron chi connectivity index (χ1n) is 6.70. The maximum Gasteiger partial charge on any atom is 0.0434 e. The van der Waals surface area contributed by atoms with Crippen molar-refractivity contribution in [2.75, 3.05) is 6.61 Å². The summed E-state index contributed by atoms with van der Waals surface area (Å²) in [7, 11) is 0. The first-order valence-corrected chi connectivity index (χ1v) is 7.78. The molecule has 1 aliphatic rings. The second kappa shape index (κ2) is 6.74. The molecule has 1 aromatic carbocycles. The van der Waals surface area contributed by atoms with E-state index in [0.29, 0.717) is 6.61 Å². The summed E-state index contributed by atoms with van der Waals surface area (Å²) in [6.07, 6.45) is 8.82. The van der Waals surface area contributed by atoms with Crippen molar-refractivity contribution in [3.05, 3.63) is 32.9 Å². The van der Waals surface area contributed by atoms with Crippen LogP contribution in [0.15, 0.2) is 18.2 Å². The average Bonchev–Trinajstić information content (AvgIpc) is 2.38. The molecule has 2 rings (SSSR count). The fraction of sp³-hybridized carbons (Fsp3) is 0.600. The summed E-state index contributed by atoms with van der Waals surface area (Å²) in [4.78, 5) is 0. The lowest BCUT2D eigenvalue weighted by atomic mass is 9.84. The molecule has 0 unspecified atom stereocenters. The standard InChI is InChI=1S/C15H21IO/c16-15-11-14(12-5-2-1-3-6-12)9-8-13(15)7-4-10-17/h8-9,11-12,17H,1-7,10H2. The van der Waals surface area contributed by atoms with Gasteiger partial charge in [-0.25, -0.2) is 0 Å². The molecule has 0 amide bonds. The van der Waals surface area contributed by atoms with E-state index in [4.69, 9.17) is 5.11 Å². The lowest BCUT2D eigenvalue weighted by molar-refractivity contribution is 0.288. The SMILES string of the molecule is OCCCc1ccc(C2CCCCC2)cc1I. The second-order valence-corrected chi connectivity index (χ2v) is 6.18. The highest BCUT2D eigenvalue weighted by Crippen LogP contribution is 2.33. The number of aliphatic hydroxyl groups excluding tert-OH is 1. The number of hydrogen-bond acceptors (Lipinski definition) is 1. The average molecular weight is 344 g/mol. The van der Waals surface area contributed by atoms with E-state index in [2.05, 4.69) is 40.8 Å². The van der Waals surface area contributed by atoms with Crippen LogP contribution < -0.4 is 0 Å². The minimum Gasteiger partial charge on any atom is -0.396 e. The topological polar surface area (TPSA) is 20.2 Å². The molecule has 94 valence electrons. The Balaban J connectivity index is 2.06. The quantitative estimate of drug-likeness (QED) is 0.809. The Morgan fingerprint density at radius 3 is 2.59 bits per heavy atom. The summed E-state index contributed by atoms with van der Waals surface area (Å²) in [6, 6.07) is 6.94. The molecular weight excluding hydrogens is 323 g/mol. The highest BCUT2D eigenvalue weighted by Gasteiger charge is 2.16. The molecule has 0 atom stereocenters. The minimum absolute atomic E-state index is 0.292. The summed E-state index contributed by atoms with van der Waals surface area (Å²) in [5.74, 6) is 0.796. The van der Waals surface area contributed by atoms with Crippen molar-refractivity contribution in [2.24, 2.45) is 0 Å². The van der Waals surface area contributed by atoms with Gasteiger partial charge in [0.25, 0.3) is 0 Å². The Bertz CT molecular complexity index is 356. The Hall–Kier alpha value is -0.0900. The zero-order valence-electron chi connectivity index (χ0n) is 10.3. The summed E-state index contributed by atoms with van der Waals surface area (Å²) in [5.41, 5.74) is 2.92. The van der Waals surface area contributed by atoms with Gasteiger partial charge in [-0.05, 0) is 71.4 Å². The third-order valence-electron chi connectivity index (χ3n) is 3.76. The van der Waals surface area contributed by atoms with Crippen LogP contribution in [-0.2, 0) is 6.42 Å². The second-order valence-electron chi connectivity index (χ2n) is 5.01. The summed E-state index contributed by atoms with van der Waals surface area (Å²) in [6.45, 7) is 0.292. The molecule has 0 saturated heterocycles. The Kier molecular flexibility index (Phi) is 5.29. The molecule has 1 aromatic rings. The molecule has 0 heterocycles. The molecule has 0 spiro atoms. The van der Waals surface area contributed by atoms with E-state index in [-0.39, 0.29) is 0 Å². The van der Waals surface area contributed by atoms with Gasteiger partial charge in [0.2, 0.25) is 0 Å². The van der Waals surface area contributed by atoms with E-state index >= 15 is 0 Å². The molecule has 0 radical (unpaired) electrons. The molecule has 1 nitrogen and oxygen atoms in total. The van der Waals surface area contributed by atoms with Gasteiger partial charge in [-0.3, -0.25) is 0 Å². The fourth-order valence-corrected chi connectivity index (χ4v) is 3.53. The van der Waals surface area contributed by atoms with Gasteiger partial charge in [0.05, 0.1) is 0 Å². The van der Waals surface area contributed by atoms with Gasteiger partial charge in [-0.2, -0.15) is 0 Å². The summed E-state index contributed by atoms with van der Waals surface area (Å²) >= 11 is 2.44. The van der Waals surface area contributed by atoms with Crippen LogP contribution in [0.4, 0.5) is 0 Å². The third kappa shape index (κ3) is 3.68. The van der Waals surface area contributed by atoms with E-state index in [1.165, 1.54) is 46.8 Å². The van der Waals surface area contributed by atoms with Crippen LogP contribution in [0.3, 0.4) is 0 Å². The van der Waals surface area contributed by atoms with Gasteiger partial charge in [0.1, 0.15) is 0 Å². The van der Waals surface area contributed by atoms with E-state index in [1.807, 2.05) is 0 Å². The lowest BCUT2D eigenvalue weighted by Crippen LogP contribution is -2.05. The zero-order valence-corrected chi connectivity index (χ0v) is 12.4. The Morgan fingerprint density at radius 2 is 1.94 bits per heavy atom. The van der Waals surface area contributed by atoms with E-state index in [0.717, 1.165) is 18.8 Å². The molecule has 2 heteroatoms. The molecule has 1 saturated carbocycles. The molecule has 1 fully saturated rings. The van der Waals surface area contributed by atoms with Crippen molar-refractivity contribution in [1.82, 2.24) is 0 Å². The van der Waals surface area contributed by atoms with Crippen molar-refractivity contribution in [3.8, 4) is 0 Å². The number of hydrogen-bond donors (Lipinski definition) is 1. The van der Waals surface area contributed by atoms with Crippen LogP contribution >= 0.6 is 22.6 Å². The Morgan fingerprint density at radius 1 is 1.18 bits per heavy atom. The predicted molar refractivity (Wildman–Crippen MR) is 80.4 cm³/mol. The summed E-state index contributed by atoms with van der Waals surface area (Å²) < 4.78 is 1.37. The predicted octanol–water partition coefficient (Wildman–Crippen LogP) is 4.26. The maximum atomic E-state index is 8.87. The molecule has 1 N–H and O–H groups in total. The molecule has 17 heavy (non-hydrogen) atoms. The van der Waals surface area contributed by atoms with Crippen LogP contribution in [0.25, 0.3) is 0 Å². The molecular formula is C15H21IO. The maximum absolute atomic E-state index is 8.87. The van der Waals surface area contributed by atoms with Crippen molar-refractivity contribution < 1.29 is 5.11 Å². The van der Waals surface area contributed by atoms with E-state index < -0.39 is 0 Å². The smallest absolute Gasteiger partial charge is 0.0434 e. The zero-order chi connectivity index (χ0) is 12.1. The molecule has 0 aliphatic heterocycles. The highest BCUT2D eigenvalue weighted by atomic mass is 127. The lowest BCUT2D eigenvalue weighted by Gasteiger charge is -2.22. The van der Waals surface area contributed by atoms with E-state index in [9.17, 15) is 0 Å². The van der Waals surface area contributed by atoms with Crippen molar-refractivity contribution in [2.45, 2.75) is 50.9 Å². The van der Waals surface area contributed by atoms with Crippen LogP contribution in [0.2, 0.25) is 0 Å². The van der Waals surface area contributed by atoms with E-state index in [1.54, 1.807) is 0 Å². The summed E-state index contributed by atoms with van der Waals surface area (Å²) in [5, 5.41) is 8.87. The Labute approximate surface area is 118 Å². The van der Waals surface area contributed by atoms with Gasteiger partial charge in [0.15, 0.2) is 0 Å². The van der Waals surface area contributed by atoms with Crippen molar-refractivity contribution in [1.29, 1.82) is 0 Å². The third-order valence-corrected chi connectivity index (χ3v) is 4.76. The highest BCUT2D eigenvalue weighted by molar-refractivity contribution is 14.1.